The van der Waals surface area contributed by atoms with Crippen LogP contribution in [-0.2, 0) is 11.4 Å². The number of hydrogen-bond acceptors (Lipinski definition) is 4. The van der Waals surface area contributed by atoms with Crippen molar-refractivity contribution in [3.05, 3.63) is 29.6 Å². The first-order valence-electron chi connectivity index (χ1n) is 5.33. The number of rotatable bonds is 6. The molecule has 0 spiro atoms. The molecule has 1 amide bonds. The predicted octanol–water partition coefficient (Wildman–Crippen LogP) is 0.727. The van der Waals surface area contributed by atoms with Gasteiger partial charge >= 0.3 is 0 Å². The number of aliphatic hydroxyl groups excluding tert-OH is 1. The van der Waals surface area contributed by atoms with Gasteiger partial charge in [-0.25, -0.2) is 4.39 Å². The molecule has 18 heavy (non-hydrogen) atoms. The van der Waals surface area contributed by atoms with E-state index in [4.69, 9.17) is 15.1 Å². The molecule has 2 N–H and O–H groups in total. The first-order chi connectivity index (χ1) is 8.69. The van der Waals surface area contributed by atoms with Crippen LogP contribution < -0.4 is 10.1 Å². The zero-order valence-electron chi connectivity index (χ0n) is 9.65. The van der Waals surface area contributed by atoms with Gasteiger partial charge in [0.2, 0.25) is 0 Å². The van der Waals surface area contributed by atoms with Crippen molar-refractivity contribution in [1.82, 2.24) is 5.32 Å². The van der Waals surface area contributed by atoms with Crippen molar-refractivity contribution in [3.63, 3.8) is 0 Å². The summed E-state index contributed by atoms with van der Waals surface area (Å²) in [7, 11) is 0. The van der Waals surface area contributed by atoms with E-state index in [-0.39, 0.29) is 37.5 Å². The minimum atomic E-state index is -0.633. The lowest BCUT2D eigenvalue weighted by atomic mass is 10.2. The number of nitrogens with one attached hydrogen (secondary N) is 1. The number of amides is 1. The number of benzene rings is 1. The van der Waals surface area contributed by atoms with Crippen LogP contribution in [0.2, 0.25) is 0 Å². The molecular formula is C12H13FN2O3. The van der Waals surface area contributed by atoms with E-state index in [0.29, 0.717) is 0 Å². The highest BCUT2D eigenvalue weighted by molar-refractivity contribution is 5.77. The second-order valence-corrected chi connectivity index (χ2v) is 3.43. The second kappa shape index (κ2) is 7.25. The monoisotopic (exact) mass is 252 g/mol. The van der Waals surface area contributed by atoms with Crippen LogP contribution in [0.4, 0.5) is 4.39 Å². The van der Waals surface area contributed by atoms with Crippen LogP contribution in [0, 0.1) is 17.1 Å². The highest BCUT2D eigenvalue weighted by Crippen LogP contribution is 2.22. The quantitative estimate of drug-likeness (QED) is 0.731. The van der Waals surface area contributed by atoms with Gasteiger partial charge in [0, 0.05) is 12.1 Å². The Morgan fingerprint density at radius 1 is 1.56 bits per heavy atom. The third-order valence-corrected chi connectivity index (χ3v) is 2.13. The average Bonchev–Trinajstić information content (AvgIpc) is 2.37. The zero-order valence-corrected chi connectivity index (χ0v) is 9.65. The molecule has 0 saturated carbocycles. The molecule has 0 atom stereocenters. The number of halogens is 1. The molecular weight excluding hydrogens is 239 g/mol. The van der Waals surface area contributed by atoms with Crippen molar-refractivity contribution in [2.24, 2.45) is 0 Å². The predicted molar refractivity (Wildman–Crippen MR) is 61.1 cm³/mol. The lowest BCUT2D eigenvalue weighted by Gasteiger charge is -2.10. The summed E-state index contributed by atoms with van der Waals surface area (Å²) in [6.07, 6.45) is 0.202. The van der Waals surface area contributed by atoms with Crippen LogP contribution >= 0.6 is 0 Å². The summed E-state index contributed by atoms with van der Waals surface area (Å²) in [4.78, 5) is 11.3. The normalized spacial score (nSPS) is 9.61. The van der Waals surface area contributed by atoms with Gasteiger partial charge in [-0.2, -0.15) is 5.26 Å². The van der Waals surface area contributed by atoms with Gasteiger partial charge in [-0.3, -0.25) is 4.79 Å². The molecule has 0 heterocycles. The van der Waals surface area contributed by atoms with Crippen LogP contribution in [0.1, 0.15) is 12.0 Å². The molecule has 0 saturated heterocycles. The summed E-state index contributed by atoms with van der Waals surface area (Å²) in [5.74, 6) is -1.21. The van der Waals surface area contributed by atoms with Crippen LogP contribution in [0.5, 0.6) is 5.75 Å². The van der Waals surface area contributed by atoms with Gasteiger partial charge in [-0.15, -0.1) is 0 Å². The Bertz CT molecular complexity index is 457. The van der Waals surface area contributed by atoms with Gasteiger partial charge in [-0.1, -0.05) is 12.1 Å². The smallest absolute Gasteiger partial charge is 0.257 e. The van der Waals surface area contributed by atoms with E-state index in [1.807, 2.05) is 6.07 Å². The Morgan fingerprint density at radius 2 is 2.33 bits per heavy atom. The lowest BCUT2D eigenvalue weighted by Crippen LogP contribution is -2.29. The average molecular weight is 252 g/mol. The van der Waals surface area contributed by atoms with Crippen molar-refractivity contribution >= 4 is 5.91 Å². The third-order valence-electron chi connectivity index (χ3n) is 2.13. The van der Waals surface area contributed by atoms with Gasteiger partial charge in [0.05, 0.1) is 19.1 Å². The number of para-hydroxylation sites is 1. The van der Waals surface area contributed by atoms with Gasteiger partial charge < -0.3 is 15.2 Å². The summed E-state index contributed by atoms with van der Waals surface area (Å²) in [5, 5.41) is 19.7. The molecule has 0 aromatic heterocycles. The molecule has 0 bridgehead atoms. The Balaban J connectivity index is 2.53. The van der Waals surface area contributed by atoms with Gasteiger partial charge in [0.15, 0.2) is 18.2 Å². The number of nitrogens with zero attached hydrogens (tertiary/aromatic N) is 1. The second-order valence-electron chi connectivity index (χ2n) is 3.43. The lowest BCUT2D eigenvalue weighted by molar-refractivity contribution is -0.123. The molecule has 96 valence electrons. The topological polar surface area (TPSA) is 82.4 Å². The Labute approximate surface area is 104 Å². The molecule has 5 nitrogen and oxygen atoms in total. The zero-order chi connectivity index (χ0) is 13.4. The van der Waals surface area contributed by atoms with Gasteiger partial charge in [-0.05, 0) is 6.07 Å². The highest BCUT2D eigenvalue weighted by atomic mass is 19.1. The number of nitriles is 1. The van der Waals surface area contributed by atoms with Gasteiger partial charge in [0.1, 0.15) is 0 Å². The molecule has 1 aromatic carbocycles. The molecule has 6 heteroatoms. The van der Waals surface area contributed by atoms with E-state index in [1.54, 1.807) is 0 Å². The Hall–Kier alpha value is -2.13. The molecule has 0 aliphatic carbocycles. The molecule has 1 rings (SSSR count). The summed E-state index contributed by atoms with van der Waals surface area (Å²) in [6, 6.07) is 6.01. The minimum absolute atomic E-state index is 0.129. The third kappa shape index (κ3) is 4.03. The van der Waals surface area contributed by atoms with E-state index >= 15 is 0 Å². The van der Waals surface area contributed by atoms with Crippen LogP contribution in [0.15, 0.2) is 18.2 Å². The minimum Gasteiger partial charge on any atom is -0.480 e. The van der Waals surface area contributed by atoms with E-state index < -0.39 is 11.7 Å². The largest absolute Gasteiger partial charge is 0.480 e. The molecule has 0 aliphatic rings. The fourth-order valence-corrected chi connectivity index (χ4v) is 1.29. The van der Waals surface area contributed by atoms with Crippen LogP contribution in [0.25, 0.3) is 0 Å². The van der Waals surface area contributed by atoms with Gasteiger partial charge in [0.25, 0.3) is 5.91 Å². The van der Waals surface area contributed by atoms with Crippen molar-refractivity contribution < 1.29 is 19.0 Å². The first-order valence-corrected chi connectivity index (χ1v) is 5.33. The number of aliphatic hydroxyl groups is 1. The highest BCUT2D eigenvalue weighted by Gasteiger charge is 2.10. The number of carbonyl (C=O) groups is 1. The first kappa shape index (κ1) is 13.9. The molecule has 0 fully saturated rings. The van der Waals surface area contributed by atoms with Crippen molar-refractivity contribution in [2.75, 3.05) is 13.2 Å². The molecule has 0 radical (unpaired) electrons. The number of ether oxygens (including phenoxy) is 1. The van der Waals surface area contributed by atoms with E-state index in [2.05, 4.69) is 5.32 Å². The van der Waals surface area contributed by atoms with Crippen LogP contribution in [-0.4, -0.2) is 24.2 Å². The summed E-state index contributed by atoms with van der Waals surface area (Å²) >= 11 is 0. The summed E-state index contributed by atoms with van der Waals surface area (Å²) in [6.45, 7) is -0.509. The van der Waals surface area contributed by atoms with E-state index in [0.717, 1.165) is 0 Å². The Morgan fingerprint density at radius 3 is 3.00 bits per heavy atom. The summed E-state index contributed by atoms with van der Waals surface area (Å²) < 4.78 is 18.4. The fourth-order valence-electron chi connectivity index (χ4n) is 1.29. The molecule has 0 unspecified atom stereocenters. The maximum absolute atomic E-state index is 13.4. The Kier molecular flexibility index (Phi) is 5.61. The fraction of sp³-hybridized carbons (Fsp3) is 0.333. The van der Waals surface area contributed by atoms with Crippen molar-refractivity contribution in [1.29, 1.82) is 5.26 Å². The van der Waals surface area contributed by atoms with Crippen LogP contribution in [0.3, 0.4) is 0 Å². The number of hydrogen-bond donors (Lipinski definition) is 2. The maximum Gasteiger partial charge on any atom is 0.257 e. The molecule has 1 aromatic rings. The number of carbonyl (C=O) groups excluding carboxylic acids is 1. The van der Waals surface area contributed by atoms with Crippen molar-refractivity contribution in [3.8, 4) is 11.8 Å². The summed E-state index contributed by atoms with van der Waals surface area (Å²) in [5.41, 5.74) is 0.278. The van der Waals surface area contributed by atoms with Crippen molar-refractivity contribution in [2.45, 2.75) is 13.0 Å². The van der Waals surface area contributed by atoms with E-state index in [9.17, 15) is 9.18 Å². The van der Waals surface area contributed by atoms with E-state index in [1.165, 1.54) is 18.2 Å². The standard InChI is InChI=1S/C12H13FN2O3/c13-10-4-1-3-9(7-16)12(10)18-8-11(17)15-6-2-5-14/h1,3-4,16H,2,6-8H2,(H,15,17). The SMILES string of the molecule is N#CCCNC(=O)COc1c(F)cccc1CO. The molecule has 0 aliphatic heterocycles. The maximum atomic E-state index is 13.4.